The molecule has 24 heavy (non-hydrogen) atoms. The molecule has 10 nitrogen and oxygen atoms in total. The Balaban J connectivity index is 1.61. The molecule has 0 aliphatic carbocycles. The molecule has 10 heteroatoms. The highest BCUT2D eigenvalue weighted by molar-refractivity contribution is 5.68. The molecule has 0 unspecified atom stereocenters. The van der Waals surface area contributed by atoms with E-state index in [4.69, 9.17) is 9.26 Å². The summed E-state index contributed by atoms with van der Waals surface area (Å²) in [4.78, 5) is 19.8. The predicted octanol–water partition coefficient (Wildman–Crippen LogP) is 1.19. The lowest BCUT2D eigenvalue weighted by atomic mass is 10.3. The molecule has 1 saturated heterocycles. The van der Waals surface area contributed by atoms with Crippen LogP contribution in [0.15, 0.2) is 16.8 Å². The lowest BCUT2D eigenvalue weighted by Crippen LogP contribution is -2.49. The summed E-state index contributed by atoms with van der Waals surface area (Å²) in [6, 6.07) is 1.76. The van der Waals surface area contributed by atoms with Crippen molar-refractivity contribution in [2.45, 2.75) is 13.8 Å². The fraction of sp³-hybridized carbons (Fsp3) is 0.500. The van der Waals surface area contributed by atoms with Crippen molar-refractivity contribution in [3.8, 4) is 0 Å². The van der Waals surface area contributed by atoms with Crippen molar-refractivity contribution in [2.24, 2.45) is 0 Å². The maximum Gasteiger partial charge on any atom is 0.409 e. The molecule has 128 valence electrons. The Kier molecular flexibility index (Phi) is 4.73. The number of hydrogen-bond acceptors (Lipinski definition) is 9. The second-order valence-electron chi connectivity index (χ2n) is 5.26. The molecule has 1 aliphatic rings. The number of ether oxygens (including phenoxy) is 1. The summed E-state index contributed by atoms with van der Waals surface area (Å²) in [6.07, 6.45) is 1.23. The van der Waals surface area contributed by atoms with E-state index in [2.05, 4.69) is 25.7 Å². The molecule has 1 amide bonds. The van der Waals surface area contributed by atoms with Crippen molar-refractivity contribution >= 4 is 23.7 Å². The second kappa shape index (κ2) is 7.11. The number of aromatic nitrogens is 4. The minimum absolute atomic E-state index is 0.284. The molecule has 2 aromatic heterocycles. The number of hydrogen-bond donors (Lipinski definition) is 1. The SMILES string of the molecule is CCOC(=O)N1CCN(c2nncc(Nc3cc(C)on3)n2)CC1. The van der Waals surface area contributed by atoms with Crippen LogP contribution >= 0.6 is 0 Å². The fourth-order valence-electron chi connectivity index (χ4n) is 2.35. The molecule has 1 fully saturated rings. The Bertz CT molecular complexity index is 697. The van der Waals surface area contributed by atoms with Gasteiger partial charge in [0.25, 0.3) is 0 Å². The Hall–Kier alpha value is -2.91. The molecular formula is C14H19N7O3. The van der Waals surface area contributed by atoms with Gasteiger partial charge in [-0.3, -0.25) is 0 Å². The summed E-state index contributed by atoms with van der Waals surface area (Å²) in [7, 11) is 0. The van der Waals surface area contributed by atoms with E-state index in [1.165, 1.54) is 6.20 Å². The van der Waals surface area contributed by atoms with Gasteiger partial charge in [-0.2, -0.15) is 10.1 Å². The average Bonchev–Trinajstić information content (AvgIpc) is 3.00. The van der Waals surface area contributed by atoms with Crippen LogP contribution in [0, 0.1) is 6.92 Å². The first kappa shape index (κ1) is 16.0. The number of carbonyl (C=O) groups is 1. The minimum Gasteiger partial charge on any atom is -0.450 e. The van der Waals surface area contributed by atoms with Gasteiger partial charge in [-0.1, -0.05) is 5.16 Å². The third kappa shape index (κ3) is 3.70. The standard InChI is InChI=1S/C14H19N7O3/c1-3-23-14(22)21-6-4-20(5-7-21)13-17-12(9-15-18-13)16-11-8-10(2)24-19-11/h8-9H,3-7H2,1-2H3,(H,16,17,18,19). The molecule has 0 saturated carbocycles. The number of aryl methyl sites for hydroxylation is 1. The van der Waals surface area contributed by atoms with Crippen molar-refractivity contribution in [1.82, 2.24) is 25.2 Å². The summed E-state index contributed by atoms with van der Waals surface area (Å²) in [5.41, 5.74) is 0. The smallest absolute Gasteiger partial charge is 0.409 e. The first-order valence-corrected chi connectivity index (χ1v) is 7.72. The van der Waals surface area contributed by atoms with Crippen LogP contribution in [0.4, 0.5) is 22.4 Å². The first-order chi connectivity index (χ1) is 11.7. The maximum atomic E-state index is 11.7. The largest absolute Gasteiger partial charge is 0.450 e. The molecule has 2 aromatic rings. The van der Waals surface area contributed by atoms with Gasteiger partial charge in [0.05, 0.1) is 12.8 Å². The summed E-state index contributed by atoms with van der Waals surface area (Å²) in [5.74, 6) is 2.30. The number of amides is 1. The van der Waals surface area contributed by atoms with E-state index in [1.54, 1.807) is 17.9 Å². The molecule has 3 rings (SSSR count). The van der Waals surface area contributed by atoms with Crippen LogP contribution in [0.2, 0.25) is 0 Å². The maximum absolute atomic E-state index is 11.7. The molecule has 0 bridgehead atoms. The highest BCUT2D eigenvalue weighted by Gasteiger charge is 2.23. The van der Waals surface area contributed by atoms with Crippen molar-refractivity contribution in [3.63, 3.8) is 0 Å². The van der Waals surface area contributed by atoms with Gasteiger partial charge in [0.2, 0.25) is 5.95 Å². The van der Waals surface area contributed by atoms with E-state index < -0.39 is 0 Å². The molecule has 0 aromatic carbocycles. The normalized spacial score (nSPS) is 14.6. The highest BCUT2D eigenvalue weighted by Crippen LogP contribution is 2.16. The molecule has 0 radical (unpaired) electrons. The van der Waals surface area contributed by atoms with Gasteiger partial charge in [-0.15, -0.1) is 5.10 Å². The molecule has 1 N–H and O–H groups in total. The number of piperazine rings is 1. The predicted molar refractivity (Wildman–Crippen MR) is 85.2 cm³/mol. The average molecular weight is 333 g/mol. The van der Waals surface area contributed by atoms with Crippen LogP contribution in [-0.4, -0.2) is 64.1 Å². The molecule has 0 atom stereocenters. The monoisotopic (exact) mass is 333 g/mol. The third-order valence-corrected chi connectivity index (χ3v) is 3.52. The third-order valence-electron chi connectivity index (χ3n) is 3.52. The van der Waals surface area contributed by atoms with Crippen molar-refractivity contribution in [2.75, 3.05) is 43.0 Å². The van der Waals surface area contributed by atoms with Gasteiger partial charge in [0, 0.05) is 32.2 Å². The van der Waals surface area contributed by atoms with Gasteiger partial charge in [0.1, 0.15) is 5.76 Å². The number of carbonyl (C=O) groups excluding carboxylic acids is 1. The van der Waals surface area contributed by atoms with E-state index in [0.717, 1.165) is 0 Å². The van der Waals surface area contributed by atoms with E-state index in [9.17, 15) is 4.79 Å². The molecule has 1 aliphatic heterocycles. The summed E-state index contributed by atoms with van der Waals surface area (Å²) in [6.45, 7) is 6.33. The fourth-order valence-corrected chi connectivity index (χ4v) is 2.35. The van der Waals surface area contributed by atoms with Crippen LogP contribution in [0.1, 0.15) is 12.7 Å². The van der Waals surface area contributed by atoms with Gasteiger partial charge in [-0.25, -0.2) is 4.79 Å². The first-order valence-electron chi connectivity index (χ1n) is 7.72. The van der Waals surface area contributed by atoms with Crippen LogP contribution < -0.4 is 10.2 Å². The summed E-state index contributed by atoms with van der Waals surface area (Å²) < 4.78 is 10.0. The zero-order chi connectivity index (χ0) is 16.9. The van der Waals surface area contributed by atoms with Crippen molar-refractivity contribution in [1.29, 1.82) is 0 Å². The zero-order valence-corrected chi connectivity index (χ0v) is 13.6. The van der Waals surface area contributed by atoms with Crippen LogP contribution in [0.5, 0.6) is 0 Å². The van der Waals surface area contributed by atoms with E-state index in [0.29, 0.717) is 56.1 Å². The second-order valence-corrected chi connectivity index (χ2v) is 5.26. The van der Waals surface area contributed by atoms with Crippen molar-refractivity contribution < 1.29 is 14.1 Å². The van der Waals surface area contributed by atoms with Crippen LogP contribution in [-0.2, 0) is 4.74 Å². The minimum atomic E-state index is -0.284. The topological polar surface area (TPSA) is 110 Å². The Morgan fingerprint density at radius 1 is 1.33 bits per heavy atom. The van der Waals surface area contributed by atoms with Gasteiger partial charge < -0.3 is 24.4 Å². The summed E-state index contributed by atoms with van der Waals surface area (Å²) in [5, 5.41) is 14.9. The number of rotatable bonds is 4. The van der Waals surface area contributed by atoms with E-state index in [-0.39, 0.29) is 6.09 Å². The number of anilines is 3. The zero-order valence-electron chi connectivity index (χ0n) is 13.6. The number of nitrogens with zero attached hydrogens (tertiary/aromatic N) is 6. The van der Waals surface area contributed by atoms with Gasteiger partial charge in [0.15, 0.2) is 11.6 Å². The Morgan fingerprint density at radius 3 is 2.79 bits per heavy atom. The van der Waals surface area contributed by atoms with Gasteiger partial charge >= 0.3 is 6.09 Å². The van der Waals surface area contributed by atoms with Crippen LogP contribution in [0.25, 0.3) is 0 Å². The Morgan fingerprint density at radius 2 is 2.12 bits per heavy atom. The highest BCUT2D eigenvalue weighted by atomic mass is 16.6. The van der Waals surface area contributed by atoms with E-state index in [1.807, 2.05) is 11.8 Å². The quantitative estimate of drug-likeness (QED) is 0.882. The van der Waals surface area contributed by atoms with Gasteiger partial charge in [-0.05, 0) is 13.8 Å². The molecule has 3 heterocycles. The summed E-state index contributed by atoms with van der Waals surface area (Å²) >= 11 is 0. The lowest BCUT2D eigenvalue weighted by Gasteiger charge is -2.33. The van der Waals surface area contributed by atoms with Crippen LogP contribution in [0.3, 0.4) is 0 Å². The van der Waals surface area contributed by atoms with E-state index >= 15 is 0 Å². The number of nitrogens with one attached hydrogen (secondary N) is 1. The van der Waals surface area contributed by atoms with Crippen molar-refractivity contribution in [3.05, 3.63) is 18.0 Å². The lowest BCUT2D eigenvalue weighted by molar-refractivity contribution is 0.105. The molecular weight excluding hydrogens is 314 g/mol. The molecule has 0 spiro atoms. The Labute approximate surface area is 138 Å².